The minimum absolute atomic E-state index is 0.00278. The molecule has 0 unspecified atom stereocenters. The zero-order valence-electron chi connectivity index (χ0n) is 12.2. The fourth-order valence-corrected chi connectivity index (χ4v) is 2.23. The Morgan fingerprint density at radius 3 is 2.55 bits per heavy atom. The second-order valence-electron chi connectivity index (χ2n) is 5.11. The summed E-state index contributed by atoms with van der Waals surface area (Å²) in [5.74, 6) is -0.0380. The largest absolute Gasteiger partial charge is 0.352 e. The van der Waals surface area contributed by atoms with Gasteiger partial charge < -0.3 is 14.8 Å². The second kappa shape index (κ2) is 7.41. The van der Waals surface area contributed by atoms with Gasteiger partial charge in [0.25, 0.3) is 0 Å². The van der Waals surface area contributed by atoms with Crippen LogP contribution in [0.15, 0.2) is 24.3 Å². The van der Waals surface area contributed by atoms with Crippen LogP contribution >= 0.6 is 0 Å². The summed E-state index contributed by atoms with van der Waals surface area (Å²) < 4.78 is 10.8. The van der Waals surface area contributed by atoms with Crippen LogP contribution in [-0.2, 0) is 20.7 Å². The molecule has 1 N–H and O–H groups in total. The Bertz CT molecular complexity index is 424. The molecule has 1 fully saturated rings. The first-order valence-corrected chi connectivity index (χ1v) is 7.30. The van der Waals surface area contributed by atoms with Crippen LogP contribution in [0.25, 0.3) is 0 Å². The SMILES string of the molecule is CCc1ccc([C@@H](C)NC(=O)CC2OCCCO2)cc1. The first-order chi connectivity index (χ1) is 9.69. The molecule has 0 aromatic heterocycles. The van der Waals surface area contributed by atoms with E-state index in [0.29, 0.717) is 13.2 Å². The summed E-state index contributed by atoms with van der Waals surface area (Å²) in [5.41, 5.74) is 2.41. The maximum atomic E-state index is 11.9. The Labute approximate surface area is 120 Å². The number of carbonyl (C=O) groups is 1. The van der Waals surface area contributed by atoms with Crippen molar-refractivity contribution in [2.75, 3.05) is 13.2 Å². The van der Waals surface area contributed by atoms with Crippen LogP contribution in [0.3, 0.4) is 0 Å². The zero-order valence-corrected chi connectivity index (χ0v) is 12.2. The summed E-state index contributed by atoms with van der Waals surface area (Å²) in [7, 11) is 0. The molecule has 1 heterocycles. The van der Waals surface area contributed by atoms with Crippen molar-refractivity contribution in [1.82, 2.24) is 5.32 Å². The smallest absolute Gasteiger partial charge is 0.225 e. The van der Waals surface area contributed by atoms with Gasteiger partial charge in [0.05, 0.1) is 25.7 Å². The Kier molecular flexibility index (Phi) is 5.56. The first-order valence-electron chi connectivity index (χ1n) is 7.30. The number of ether oxygens (including phenoxy) is 2. The molecular weight excluding hydrogens is 254 g/mol. The molecule has 1 aromatic carbocycles. The topological polar surface area (TPSA) is 47.6 Å². The van der Waals surface area contributed by atoms with Crippen molar-refractivity contribution in [2.45, 2.75) is 45.4 Å². The van der Waals surface area contributed by atoms with Gasteiger partial charge in [0.2, 0.25) is 5.91 Å². The number of amides is 1. The van der Waals surface area contributed by atoms with Gasteiger partial charge in [-0.15, -0.1) is 0 Å². The fraction of sp³-hybridized carbons (Fsp3) is 0.562. The predicted molar refractivity (Wildman–Crippen MR) is 77.3 cm³/mol. The molecule has 0 aliphatic carbocycles. The molecule has 0 saturated carbocycles. The average Bonchev–Trinajstić information content (AvgIpc) is 2.48. The van der Waals surface area contributed by atoms with E-state index < -0.39 is 6.29 Å². The highest BCUT2D eigenvalue weighted by Gasteiger charge is 2.19. The van der Waals surface area contributed by atoms with E-state index in [4.69, 9.17) is 9.47 Å². The van der Waals surface area contributed by atoms with Crippen LogP contribution in [0.4, 0.5) is 0 Å². The van der Waals surface area contributed by atoms with Gasteiger partial charge in [-0.3, -0.25) is 4.79 Å². The lowest BCUT2D eigenvalue weighted by Crippen LogP contribution is -2.34. The van der Waals surface area contributed by atoms with E-state index in [1.54, 1.807) is 0 Å². The van der Waals surface area contributed by atoms with E-state index in [-0.39, 0.29) is 18.4 Å². The molecule has 1 saturated heterocycles. The Balaban J connectivity index is 1.82. The molecule has 110 valence electrons. The predicted octanol–water partition coefficient (Wildman–Crippen LogP) is 2.58. The number of carbonyl (C=O) groups excluding carboxylic acids is 1. The molecule has 1 aliphatic heterocycles. The van der Waals surface area contributed by atoms with Gasteiger partial charge in [-0.05, 0) is 30.9 Å². The molecule has 4 heteroatoms. The van der Waals surface area contributed by atoms with Crippen molar-refractivity contribution in [3.05, 3.63) is 35.4 Å². The van der Waals surface area contributed by atoms with Crippen molar-refractivity contribution >= 4 is 5.91 Å². The van der Waals surface area contributed by atoms with Gasteiger partial charge in [-0.25, -0.2) is 0 Å². The van der Waals surface area contributed by atoms with Gasteiger partial charge in [0.15, 0.2) is 6.29 Å². The summed E-state index contributed by atoms with van der Waals surface area (Å²) in [6.45, 7) is 5.46. The van der Waals surface area contributed by atoms with Gasteiger partial charge in [-0.1, -0.05) is 31.2 Å². The Hall–Kier alpha value is -1.39. The van der Waals surface area contributed by atoms with E-state index in [1.165, 1.54) is 5.56 Å². The fourth-order valence-electron chi connectivity index (χ4n) is 2.23. The molecule has 20 heavy (non-hydrogen) atoms. The minimum atomic E-state index is -0.390. The van der Waals surface area contributed by atoms with Crippen molar-refractivity contribution in [3.8, 4) is 0 Å². The minimum Gasteiger partial charge on any atom is -0.352 e. The zero-order chi connectivity index (χ0) is 14.4. The summed E-state index contributed by atoms with van der Waals surface area (Å²) >= 11 is 0. The van der Waals surface area contributed by atoms with Gasteiger partial charge in [0.1, 0.15) is 0 Å². The van der Waals surface area contributed by atoms with Gasteiger partial charge in [-0.2, -0.15) is 0 Å². The third-order valence-corrected chi connectivity index (χ3v) is 3.51. The number of benzene rings is 1. The van der Waals surface area contributed by atoms with Gasteiger partial charge >= 0.3 is 0 Å². The van der Waals surface area contributed by atoms with E-state index in [1.807, 2.05) is 6.92 Å². The van der Waals surface area contributed by atoms with Crippen LogP contribution < -0.4 is 5.32 Å². The summed E-state index contributed by atoms with van der Waals surface area (Å²) in [4.78, 5) is 11.9. The third-order valence-electron chi connectivity index (χ3n) is 3.51. The number of hydrogen-bond acceptors (Lipinski definition) is 3. The van der Waals surface area contributed by atoms with Crippen LogP contribution in [0.1, 0.15) is 43.9 Å². The maximum Gasteiger partial charge on any atom is 0.225 e. The lowest BCUT2D eigenvalue weighted by molar-refractivity contribution is -0.184. The lowest BCUT2D eigenvalue weighted by atomic mass is 10.0. The number of hydrogen-bond donors (Lipinski definition) is 1. The Morgan fingerprint density at radius 1 is 1.30 bits per heavy atom. The van der Waals surface area contributed by atoms with Crippen molar-refractivity contribution < 1.29 is 14.3 Å². The van der Waals surface area contributed by atoms with Crippen molar-refractivity contribution in [3.63, 3.8) is 0 Å². The van der Waals surface area contributed by atoms with Crippen LogP contribution in [0.5, 0.6) is 0 Å². The highest BCUT2D eigenvalue weighted by atomic mass is 16.7. The number of rotatable bonds is 5. The lowest BCUT2D eigenvalue weighted by Gasteiger charge is -2.23. The highest BCUT2D eigenvalue weighted by molar-refractivity contribution is 5.76. The highest BCUT2D eigenvalue weighted by Crippen LogP contribution is 2.15. The second-order valence-corrected chi connectivity index (χ2v) is 5.11. The standard InChI is InChI=1S/C16H23NO3/c1-3-13-5-7-14(8-6-13)12(2)17-15(18)11-16-19-9-4-10-20-16/h5-8,12,16H,3-4,9-11H2,1-2H3,(H,17,18)/t12-/m1/s1. The molecule has 1 amide bonds. The molecule has 2 rings (SSSR count). The van der Waals surface area contributed by atoms with E-state index >= 15 is 0 Å². The molecular formula is C16H23NO3. The molecule has 0 bridgehead atoms. The monoisotopic (exact) mass is 277 g/mol. The quantitative estimate of drug-likeness (QED) is 0.900. The van der Waals surface area contributed by atoms with Crippen LogP contribution in [0, 0.1) is 0 Å². The molecule has 4 nitrogen and oxygen atoms in total. The van der Waals surface area contributed by atoms with E-state index in [9.17, 15) is 4.79 Å². The number of nitrogens with one attached hydrogen (secondary N) is 1. The average molecular weight is 277 g/mol. The first kappa shape index (κ1) is 15.0. The summed E-state index contributed by atoms with van der Waals surface area (Å²) in [6.07, 6.45) is 1.80. The molecule has 1 atom stereocenters. The van der Waals surface area contributed by atoms with E-state index in [0.717, 1.165) is 18.4 Å². The molecule has 0 spiro atoms. The third kappa shape index (κ3) is 4.32. The Morgan fingerprint density at radius 2 is 1.95 bits per heavy atom. The van der Waals surface area contributed by atoms with Crippen LogP contribution in [-0.4, -0.2) is 25.4 Å². The van der Waals surface area contributed by atoms with Crippen LogP contribution in [0.2, 0.25) is 0 Å². The maximum absolute atomic E-state index is 11.9. The van der Waals surface area contributed by atoms with Crippen molar-refractivity contribution in [2.24, 2.45) is 0 Å². The van der Waals surface area contributed by atoms with Crippen molar-refractivity contribution in [1.29, 1.82) is 0 Å². The summed E-state index contributed by atoms with van der Waals surface area (Å²) in [5, 5.41) is 2.98. The van der Waals surface area contributed by atoms with Gasteiger partial charge in [0, 0.05) is 0 Å². The molecule has 1 aromatic rings. The van der Waals surface area contributed by atoms with E-state index in [2.05, 4.69) is 36.5 Å². The number of aryl methyl sites for hydroxylation is 1. The molecule has 1 aliphatic rings. The normalized spacial score (nSPS) is 17.7. The summed E-state index contributed by atoms with van der Waals surface area (Å²) in [6, 6.07) is 8.34. The molecule has 0 radical (unpaired) electrons.